The fourth-order valence-electron chi connectivity index (χ4n) is 2.71. The highest BCUT2D eigenvalue weighted by Gasteiger charge is 2.25. The van der Waals surface area contributed by atoms with E-state index in [9.17, 15) is 4.79 Å². The molecule has 0 saturated heterocycles. The van der Waals surface area contributed by atoms with E-state index in [1.807, 2.05) is 30.3 Å². The lowest BCUT2D eigenvalue weighted by Crippen LogP contribution is -2.30. The number of nitrogens with zero attached hydrogens (tertiary/aromatic N) is 2. The number of halogens is 1. The van der Waals surface area contributed by atoms with Crippen molar-refractivity contribution in [3.63, 3.8) is 0 Å². The Kier molecular flexibility index (Phi) is 4.39. The molecule has 1 N–H and O–H groups in total. The highest BCUT2D eigenvalue weighted by Crippen LogP contribution is 2.30. The number of para-hydroxylation sites is 1. The summed E-state index contributed by atoms with van der Waals surface area (Å²) in [4.78, 5) is 12.7. The van der Waals surface area contributed by atoms with E-state index in [4.69, 9.17) is 0 Å². The molecule has 21 heavy (non-hydrogen) atoms. The average molecular weight is 348 g/mol. The molecular weight excluding hydrogens is 330 g/mol. The van der Waals surface area contributed by atoms with Gasteiger partial charge in [0.1, 0.15) is 0 Å². The van der Waals surface area contributed by atoms with E-state index in [0.717, 1.165) is 12.2 Å². The minimum atomic E-state index is -0.0521. The highest BCUT2D eigenvalue weighted by atomic mass is 79.9. The zero-order valence-electron chi connectivity index (χ0n) is 11.7. The molecule has 2 aromatic rings. The summed E-state index contributed by atoms with van der Waals surface area (Å²) in [6.45, 7) is 0.727. The number of aromatic nitrogens is 2. The van der Waals surface area contributed by atoms with Crippen LogP contribution in [0.3, 0.4) is 0 Å². The first kappa shape index (κ1) is 14.3. The second kappa shape index (κ2) is 6.43. The number of carbonyl (C=O) groups is 1. The van der Waals surface area contributed by atoms with Gasteiger partial charge in [0, 0.05) is 17.6 Å². The predicted molar refractivity (Wildman–Crippen MR) is 86.0 cm³/mol. The molecule has 2 unspecified atom stereocenters. The Balaban J connectivity index is 1.62. The van der Waals surface area contributed by atoms with Crippen molar-refractivity contribution < 1.29 is 4.79 Å². The minimum absolute atomic E-state index is 0.0521. The van der Waals surface area contributed by atoms with Gasteiger partial charge in [-0.1, -0.05) is 40.5 Å². The van der Waals surface area contributed by atoms with Gasteiger partial charge < -0.3 is 5.32 Å². The van der Waals surface area contributed by atoms with Gasteiger partial charge >= 0.3 is 0 Å². The molecule has 0 aliphatic heterocycles. The molecule has 1 aliphatic rings. The molecule has 1 heterocycles. The van der Waals surface area contributed by atoms with E-state index in [-0.39, 0.29) is 5.91 Å². The van der Waals surface area contributed by atoms with Gasteiger partial charge in [-0.25, -0.2) is 4.68 Å². The van der Waals surface area contributed by atoms with E-state index in [1.54, 1.807) is 17.1 Å². The summed E-state index contributed by atoms with van der Waals surface area (Å²) in [6, 6.07) is 9.78. The van der Waals surface area contributed by atoms with Crippen LogP contribution in [0.5, 0.6) is 0 Å². The van der Waals surface area contributed by atoms with Crippen LogP contribution in [-0.2, 0) is 0 Å². The fourth-order valence-corrected chi connectivity index (χ4v) is 3.48. The number of nitrogens with one attached hydrogen (secondary N) is 1. The van der Waals surface area contributed by atoms with Crippen LogP contribution in [0.1, 0.15) is 29.6 Å². The van der Waals surface area contributed by atoms with Crippen molar-refractivity contribution in [2.24, 2.45) is 5.92 Å². The van der Waals surface area contributed by atoms with Crippen LogP contribution in [0.15, 0.2) is 42.7 Å². The van der Waals surface area contributed by atoms with Gasteiger partial charge in [-0.05, 0) is 30.9 Å². The monoisotopic (exact) mass is 347 g/mol. The summed E-state index contributed by atoms with van der Waals surface area (Å²) in [6.07, 6.45) is 7.00. The lowest BCUT2D eigenvalue weighted by molar-refractivity contribution is 0.0948. The second-order valence-electron chi connectivity index (χ2n) is 5.43. The van der Waals surface area contributed by atoms with Gasteiger partial charge in [0.25, 0.3) is 5.91 Å². The molecule has 1 aromatic heterocycles. The first-order chi connectivity index (χ1) is 10.2. The Morgan fingerprint density at radius 1 is 1.33 bits per heavy atom. The van der Waals surface area contributed by atoms with Crippen molar-refractivity contribution in [2.45, 2.75) is 24.1 Å². The van der Waals surface area contributed by atoms with E-state index in [1.165, 1.54) is 19.3 Å². The maximum atomic E-state index is 12.2. The van der Waals surface area contributed by atoms with Crippen LogP contribution in [0.25, 0.3) is 5.69 Å². The Morgan fingerprint density at radius 3 is 2.86 bits per heavy atom. The summed E-state index contributed by atoms with van der Waals surface area (Å²) in [5, 5.41) is 7.26. The van der Waals surface area contributed by atoms with Gasteiger partial charge in [-0.2, -0.15) is 5.10 Å². The lowest BCUT2D eigenvalue weighted by atomic mass is 10.1. The van der Waals surface area contributed by atoms with E-state index in [2.05, 4.69) is 26.3 Å². The molecule has 110 valence electrons. The van der Waals surface area contributed by atoms with Crippen LogP contribution in [0.2, 0.25) is 0 Å². The number of rotatable bonds is 4. The van der Waals surface area contributed by atoms with Crippen molar-refractivity contribution in [1.29, 1.82) is 0 Å². The smallest absolute Gasteiger partial charge is 0.254 e. The van der Waals surface area contributed by atoms with Gasteiger partial charge in [0.2, 0.25) is 0 Å². The Labute approximate surface area is 132 Å². The molecule has 3 rings (SSSR count). The first-order valence-electron chi connectivity index (χ1n) is 7.26. The number of hydrogen-bond donors (Lipinski definition) is 1. The molecule has 1 aromatic carbocycles. The topological polar surface area (TPSA) is 46.9 Å². The number of hydrogen-bond acceptors (Lipinski definition) is 2. The molecule has 1 amide bonds. The van der Waals surface area contributed by atoms with E-state index < -0.39 is 0 Å². The summed E-state index contributed by atoms with van der Waals surface area (Å²) >= 11 is 3.68. The van der Waals surface area contributed by atoms with Crippen LogP contribution >= 0.6 is 15.9 Å². The molecule has 4 nitrogen and oxygen atoms in total. The zero-order valence-corrected chi connectivity index (χ0v) is 13.3. The maximum absolute atomic E-state index is 12.2. The maximum Gasteiger partial charge on any atom is 0.254 e. The third-order valence-electron chi connectivity index (χ3n) is 3.96. The summed E-state index contributed by atoms with van der Waals surface area (Å²) in [5.41, 5.74) is 1.55. The minimum Gasteiger partial charge on any atom is -0.352 e. The van der Waals surface area contributed by atoms with Gasteiger partial charge in [-0.3, -0.25) is 4.79 Å². The third kappa shape index (κ3) is 3.35. The van der Waals surface area contributed by atoms with E-state index in [0.29, 0.717) is 16.3 Å². The number of carbonyl (C=O) groups excluding carboxylic acids is 1. The van der Waals surface area contributed by atoms with Crippen molar-refractivity contribution in [3.8, 4) is 5.69 Å². The third-order valence-corrected chi connectivity index (χ3v) is 5.16. The zero-order chi connectivity index (χ0) is 14.7. The Hall–Kier alpha value is -1.62. The molecule has 1 fully saturated rings. The fraction of sp³-hybridized carbons (Fsp3) is 0.375. The van der Waals surface area contributed by atoms with Crippen molar-refractivity contribution in [3.05, 3.63) is 48.3 Å². The van der Waals surface area contributed by atoms with Crippen LogP contribution < -0.4 is 5.32 Å². The molecule has 0 radical (unpaired) electrons. The first-order valence-corrected chi connectivity index (χ1v) is 8.18. The van der Waals surface area contributed by atoms with E-state index >= 15 is 0 Å². The lowest BCUT2D eigenvalue weighted by Gasteiger charge is -2.14. The number of amides is 1. The highest BCUT2D eigenvalue weighted by molar-refractivity contribution is 9.09. The molecule has 0 spiro atoms. The second-order valence-corrected chi connectivity index (χ2v) is 6.60. The summed E-state index contributed by atoms with van der Waals surface area (Å²) in [7, 11) is 0. The van der Waals surface area contributed by atoms with Gasteiger partial charge in [0.05, 0.1) is 17.4 Å². The van der Waals surface area contributed by atoms with Gasteiger partial charge in [0.15, 0.2) is 0 Å². The van der Waals surface area contributed by atoms with Crippen molar-refractivity contribution in [1.82, 2.24) is 15.1 Å². The standard InChI is InChI=1S/C16H18BrN3O/c17-15-8-4-5-12(15)9-18-16(21)13-10-19-20(11-13)14-6-2-1-3-7-14/h1-3,6-7,10-12,15H,4-5,8-9H2,(H,18,21). The summed E-state index contributed by atoms with van der Waals surface area (Å²) in [5.74, 6) is 0.488. The van der Waals surface area contributed by atoms with Crippen LogP contribution in [-0.4, -0.2) is 27.1 Å². The molecule has 5 heteroatoms. The van der Waals surface area contributed by atoms with Gasteiger partial charge in [-0.15, -0.1) is 0 Å². The SMILES string of the molecule is O=C(NCC1CCCC1Br)c1cnn(-c2ccccc2)c1. The predicted octanol–water partition coefficient (Wildman–Crippen LogP) is 3.17. The molecule has 1 aliphatic carbocycles. The molecule has 1 saturated carbocycles. The number of alkyl halides is 1. The number of benzene rings is 1. The molecule has 0 bridgehead atoms. The Morgan fingerprint density at radius 2 is 2.14 bits per heavy atom. The Bertz CT molecular complexity index is 611. The summed E-state index contributed by atoms with van der Waals surface area (Å²) < 4.78 is 1.72. The molecule has 2 atom stereocenters. The normalized spacial score (nSPS) is 21.4. The van der Waals surface area contributed by atoms with Crippen molar-refractivity contribution in [2.75, 3.05) is 6.54 Å². The van der Waals surface area contributed by atoms with Crippen LogP contribution in [0.4, 0.5) is 0 Å². The largest absolute Gasteiger partial charge is 0.352 e. The molecular formula is C16H18BrN3O. The van der Waals surface area contributed by atoms with Crippen LogP contribution in [0, 0.1) is 5.92 Å². The van der Waals surface area contributed by atoms with Crippen molar-refractivity contribution >= 4 is 21.8 Å². The average Bonchev–Trinajstić information content (AvgIpc) is 3.15. The quantitative estimate of drug-likeness (QED) is 0.863.